The van der Waals surface area contributed by atoms with Crippen LogP contribution in [-0.2, 0) is 4.79 Å². The number of likely N-dealkylation sites (tertiary alicyclic amines) is 1. The highest BCUT2D eigenvalue weighted by Gasteiger charge is 2.38. The lowest BCUT2D eigenvalue weighted by atomic mass is 9.94. The quantitative estimate of drug-likeness (QED) is 0.731. The Balaban J connectivity index is 2.56. The largest absolute Gasteiger partial charge is 0.392 e. The lowest BCUT2D eigenvalue weighted by Gasteiger charge is -2.42. The minimum absolute atomic E-state index is 0.0846. The lowest BCUT2D eigenvalue weighted by Crippen LogP contribution is -2.55. The Morgan fingerprint density at radius 2 is 2.00 bits per heavy atom. The molecule has 0 bridgehead atoms. The number of amides is 1. The van der Waals surface area contributed by atoms with Crippen molar-refractivity contribution in [2.24, 2.45) is 5.73 Å². The van der Waals surface area contributed by atoms with Crippen LogP contribution in [0.25, 0.3) is 0 Å². The van der Waals surface area contributed by atoms with Crippen LogP contribution in [0.15, 0.2) is 0 Å². The predicted octanol–water partition coefficient (Wildman–Crippen LogP) is 1.77. The molecule has 1 amide bonds. The molecular weight excluding hydrogens is 290 g/mol. The molecule has 0 spiro atoms. The highest BCUT2D eigenvalue weighted by atomic mass is 32.2. The number of thioether (sulfide) groups is 1. The summed E-state index contributed by atoms with van der Waals surface area (Å²) >= 11 is 6.96. The van der Waals surface area contributed by atoms with Gasteiger partial charge in [0.2, 0.25) is 5.91 Å². The molecule has 1 rings (SSSR count). The van der Waals surface area contributed by atoms with Gasteiger partial charge in [0, 0.05) is 19.1 Å². The van der Waals surface area contributed by atoms with Crippen molar-refractivity contribution < 1.29 is 4.79 Å². The molecule has 0 saturated carbocycles. The zero-order valence-corrected chi connectivity index (χ0v) is 14.6. The minimum atomic E-state index is -0.0878. The number of nitrogens with two attached hydrogens (primary N) is 1. The van der Waals surface area contributed by atoms with Crippen LogP contribution in [0, 0.1) is 0 Å². The fraction of sp³-hybridized carbons (Fsp3) is 0.857. The lowest BCUT2D eigenvalue weighted by molar-refractivity contribution is -0.126. The van der Waals surface area contributed by atoms with E-state index in [1.54, 1.807) is 11.8 Å². The van der Waals surface area contributed by atoms with E-state index >= 15 is 0 Å². The number of hydrogen-bond donors (Lipinski definition) is 2. The number of piperidine rings is 1. The molecule has 1 saturated heterocycles. The van der Waals surface area contributed by atoms with Gasteiger partial charge >= 0.3 is 0 Å². The molecule has 3 N–H and O–H groups in total. The molecule has 1 heterocycles. The van der Waals surface area contributed by atoms with Crippen molar-refractivity contribution in [3.05, 3.63) is 0 Å². The molecule has 1 aliphatic heterocycles. The second-order valence-electron chi connectivity index (χ2n) is 5.59. The average Bonchev–Trinajstić information content (AvgIpc) is 2.46. The molecule has 4 nitrogen and oxygen atoms in total. The van der Waals surface area contributed by atoms with Crippen LogP contribution in [0.5, 0.6) is 0 Å². The zero-order valence-electron chi connectivity index (χ0n) is 12.9. The van der Waals surface area contributed by atoms with Gasteiger partial charge in [-0.05, 0) is 39.4 Å². The van der Waals surface area contributed by atoms with Gasteiger partial charge in [-0.1, -0.05) is 19.1 Å². The molecular formula is C14H27N3OS2. The molecule has 2 atom stereocenters. The summed E-state index contributed by atoms with van der Waals surface area (Å²) < 4.78 is -0.0846. The molecule has 0 aliphatic carbocycles. The van der Waals surface area contributed by atoms with Gasteiger partial charge in [0.25, 0.3) is 0 Å². The Morgan fingerprint density at radius 1 is 1.45 bits per heavy atom. The van der Waals surface area contributed by atoms with Crippen molar-refractivity contribution in [2.75, 3.05) is 19.3 Å². The second-order valence-corrected chi connectivity index (χ2v) is 7.22. The number of carbonyl (C=O) groups excluding carboxylic acids is 1. The second kappa shape index (κ2) is 7.61. The third kappa shape index (κ3) is 4.09. The number of rotatable bonds is 6. The van der Waals surface area contributed by atoms with E-state index < -0.39 is 0 Å². The summed E-state index contributed by atoms with van der Waals surface area (Å²) in [5.41, 5.74) is 5.89. The third-order valence-corrected chi connectivity index (χ3v) is 6.30. The molecule has 20 heavy (non-hydrogen) atoms. The molecule has 0 aromatic carbocycles. The summed E-state index contributed by atoms with van der Waals surface area (Å²) in [5.74, 6) is 0.117. The van der Waals surface area contributed by atoms with Gasteiger partial charge in [0.05, 0.1) is 15.8 Å². The Bertz CT molecular complexity index is 354. The Hall–Kier alpha value is -0.330. The van der Waals surface area contributed by atoms with Gasteiger partial charge < -0.3 is 11.1 Å². The standard InChI is InChI=1S/C14H27N3OS2/c1-5-10(2)16-12(18)11(3)17-8-6-14(20-4,7-9-17)13(15)19/h10-11H,5-9H2,1-4H3,(H2,15,19)(H,16,18). The van der Waals surface area contributed by atoms with Gasteiger partial charge in [-0.15, -0.1) is 0 Å². The first-order chi connectivity index (χ1) is 9.36. The predicted molar refractivity (Wildman–Crippen MR) is 91.2 cm³/mol. The molecule has 1 aliphatic rings. The van der Waals surface area contributed by atoms with E-state index in [1.165, 1.54) is 0 Å². The van der Waals surface area contributed by atoms with Crippen molar-refractivity contribution in [3.8, 4) is 0 Å². The fourth-order valence-corrected chi connectivity index (χ4v) is 3.70. The monoisotopic (exact) mass is 317 g/mol. The molecule has 116 valence electrons. The third-order valence-electron chi connectivity index (χ3n) is 4.37. The van der Waals surface area contributed by atoms with E-state index in [2.05, 4.69) is 23.4 Å². The van der Waals surface area contributed by atoms with E-state index in [-0.39, 0.29) is 22.7 Å². The van der Waals surface area contributed by atoms with Crippen molar-refractivity contribution in [1.82, 2.24) is 10.2 Å². The molecule has 0 radical (unpaired) electrons. The first-order valence-electron chi connectivity index (χ1n) is 7.25. The molecule has 0 aromatic heterocycles. The van der Waals surface area contributed by atoms with Crippen molar-refractivity contribution >= 4 is 34.9 Å². The summed E-state index contributed by atoms with van der Waals surface area (Å²) in [4.78, 5) is 15.0. The van der Waals surface area contributed by atoms with E-state index in [9.17, 15) is 4.79 Å². The maximum absolute atomic E-state index is 12.2. The zero-order chi connectivity index (χ0) is 15.3. The van der Waals surface area contributed by atoms with Gasteiger partial charge in [0.1, 0.15) is 0 Å². The summed E-state index contributed by atoms with van der Waals surface area (Å²) in [6.45, 7) is 7.82. The first kappa shape index (κ1) is 17.7. The molecule has 0 aromatic rings. The van der Waals surface area contributed by atoms with Crippen LogP contribution >= 0.6 is 24.0 Å². The van der Waals surface area contributed by atoms with Crippen molar-refractivity contribution in [3.63, 3.8) is 0 Å². The van der Waals surface area contributed by atoms with Gasteiger partial charge in [-0.2, -0.15) is 11.8 Å². The summed E-state index contributed by atoms with van der Waals surface area (Å²) in [6, 6.07) is 0.145. The molecule has 1 fully saturated rings. The summed E-state index contributed by atoms with van der Waals surface area (Å²) in [6.07, 6.45) is 4.86. The fourth-order valence-electron chi connectivity index (χ4n) is 2.45. The van der Waals surface area contributed by atoms with E-state index in [0.717, 1.165) is 32.4 Å². The Kier molecular flexibility index (Phi) is 6.75. The maximum atomic E-state index is 12.2. The van der Waals surface area contributed by atoms with Crippen LogP contribution in [0.4, 0.5) is 0 Å². The normalized spacial score (nSPS) is 22.0. The number of carbonyl (C=O) groups is 1. The van der Waals surface area contributed by atoms with E-state index in [4.69, 9.17) is 18.0 Å². The number of nitrogens with zero attached hydrogens (tertiary/aromatic N) is 1. The van der Waals surface area contributed by atoms with E-state index in [0.29, 0.717) is 4.99 Å². The average molecular weight is 318 g/mol. The summed E-state index contributed by atoms with van der Waals surface area (Å²) in [7, 11) is 0. The van der Waals surface area contributed by atoms with Crippen LogP contribution in [0.3, 0.4) is 0 Å². The number of thiocarbonyl (C=S) groups is 1. The Morgan fingerprint density at radius 3 is 2.40 bits per heavy atom. The topological polar surface area (TPSA) is 58.4 Å². The number of nitrogens with one attached hydrogen (secondary N) is 1. The van der Waals surface area contributed by atoms with Gasteiger partial charge in [0.15, 0.2) is 0 Å². The van der Waals surface area contributed by atoms with E-state index in [1.807, 2.05) is 13.8 Å². The van der Waals surface area contributed by atoms with Crippen LogP contribution in [-0.4, -0.2) is 52.0 Å². The smallest absolute Gasteiger partial charge is 0.237 e. The summed E-state index contributed by atoms with van der Waals surface area (Å²) in [5, 5.41) is 3.05. The Labute approximate surface area is 132 Å². The van der Waals surface area contributed by atoms with Crippen LogP contribution < -0.4 is 11.1 Å². The van der Waals surface area contributed by atoms with Gasteiger partial charge in [-0.25, -0.2) is 0 Å². The highest BCUT2D eigenvalue weighted by Crippen LogP contribution is 2.35. The maximum Gasteiger partial charge on any atom is 0.237 e. The van der Waals surface area contributed by atoms with Crippen molar-refractivity contribution in [2.45, 2.75) is 56.9 Å². The van der Waals surface area contributed by atoms with Crippen molar-refractivity contribution in [1.29, 1.82) is 0 Å². The van der Waals surface area contributed by atoms with Crippen LogP contribution in [0.1, 0.15) is 40.0 Å². The minimum Gasteiger partial charge on any atom is -0.392 e. The first-order valence-corrected chi connectivity index (χ1v) is 8.89. The molecule has 6 heteroatoms. The SMILES string of the molecule is CCC(C)NC(=O)C(C)N1CCC(SC)(C(N)=S)CC1. The highest BCUT2D eigenvalue weighted by molar-refractivity contribution is 8.02. The number of hydrogen-bond acceptors (Lipinski definition) is 4. The molecule has 2 unspecified atom stereocenters. The van der Waals surface area contributed by atoms with Crippen LogP contribution in [0.2, 0.25) is 0 Å². The van der Waals surface area contributed by atoms with Gasteiger partial charge in [-0.3, -0.25) is 9.69 Å².